The van der Waals surface area contributed by atoms with Crippen LogP contribution in [0.1, 0.15) is 31.1 Å². The van der Waals surface area contributed by atoms with Gasteiger partial charge in [-0.1, -0.05) is 26.8 Å². The van der Waals surface area contributed by atoms with Crippen LogP contribution in [-0.2, 0) is 9.59 Å². The van der Waals surface area contributed by atoms with Crippen molar-refractivity contribution in [2.75, 3.05) is 19.0 Å². The molecule has 0 saturated carbocycles. The van der Waals surface area contributed by atoms with Crippen molar-refractivity contribution in [2.45, 2.75) is 26.8 Å². The molecule has 1 atom stereocenters. The number of primary amides is 1. The largest absolute Gasteiger partial charge is 0.496 e. The van der Waals surface area contributed by atoms with Gasteiger partial charge >= 0.3 is 0 Å². The maximum atomic E-state index is 12.5. The minimum Gasteiger partial charge on any atom is -0.496 e. The second kappa shape index (κ2) is 7.78. The van der Waals surface area contributed by atoms with E-state index in [-0.39, 0.29) is 22.9 Å². The molecule has 8 heteroatoms. The lowest BCUT2D eigenvalue weighted by Crippen LogP contribution is -2.47. The van der Waals surface area contributed by atoms with Crippen LogP contribution >= 0.6 is 0 Å². The number of benzene rings is 1. The summed E-state index contributed by atoms with van der Waals surface area (Å²) >= 11 is 0. The minimum atomic E-state index is -1.24. The molecule has 0 saturated heterocycles. The Balaban J connectivity index is 3.22. The highest BCUT2D eigenvalue weighted by Gasteiger charge is 2.26. The molecule has 1 aromatic rings. The molecule has 0 spiro atoms. The van der Waals surface area contributed by atoms with Crippen LogP contribution in [0.2, 0.25) is 0 Å². The Morgan fingerprint density at radius 1 is 1.29 bits per heavy atom. The van der Waals surface area contributed by atoms with Gasteiger partial charge in [0.15, 0.2) is 0 Å². The zero-order valence-corrected chi connectivity index (χ0v) is 14.2. The first-order chi connectivity index (χ1) is 11.1. The van der Waals surface area contributed by atoms with Gasteiger partial charge in [-0.2, -0.15) is 0 Å². The number of hydrogen-bond acceptors (Lipinski definition) is 5. The van der Waals surface area contributed by atoms with Crippen molar-refractivity contribution >= 4 is 23.4 Å². The molecule has 3 amide bonds. The molecular formula is C16H23N3O5. The van der Waals surface area contributed by atoms with E-state index in [0.29, 0.717) is 0 Å². The number of amides is 3. The lowest BCUT2D eigenvalue weighted by molar-refractivity contribution is -0.123. The Labute approximate surface area is 140 Å². The fourth-order valence-corrected chi connectivity index (χ4v) is 1.79. The summed E-state index contributed by atoms with van der Waals surface area (Å²) in [5.41, 5.74) is 4.71. The number of nitrogens with one attached hydrogen (secondary N) is 2. The normalized spacial score (nSPS) is 12.2. The van der Waals surface area contributed by atoms with Crippen LogP contribution in [0.4, 0.5) is 5.69 Å². The molecule has 0 aliphatic heterocycles. The van der Waals surface area contributed by atoms with Gasteiger partial charge in [-0.25, -0.2) is 0 Å². The molecule has 0 unspecified atom stereocenters. The second-order valence-electron chi connectivity index (χ2n) is 6.20. The van der Waals surface area contributed by atoms with E-state index in [1.165, 1.54) is 7.11 Å². The lowest BCUT2D eigenvalue weighted by atomic mass is 9.95. The zero-order valence-electron chi connectivity index (χ0n) is 14.2. The first-order valence-electron chi connectivity index (χ1n) is 7.31. The van der Waals surface area contributed by atoms with Crippen LogP contribution < -0.4 is 21.1 Å². The number of rotatable bonds is 6. The molecule has 1 rings (SSSR count). The van der Waals surface area contributed by atoms with Crippen molar-refractivity contribution < 1.29 is 24.2 Å². The van der Waals surface area contributed by atoms with Gasteiger partial charge in [0, 0.05) is 5.41 Å². The van der Waals surface area contributed by atoms with E-state index in [9.17, 15) is 14.4 Å². The average molecular weight is 337 g/mol. The molecule has 0 aromatic heterocycles. The maximum Gasteiger partial charge on any atom is 0.257 e. The zero-order chi connectivity index (χ0) is 18.5. The van der Waals surface area contributed by atoms with Crippen molar-refractivity contribution in [3.63, 3.8) is 0 Å². The molecule has 5 N–H and O–H groups in total. The fourth-order valence-electron chi connectivity index (χ4n) is 1.79. The Hall–Kier alpha value is -2.61. The van der Waals surface area contributed by atoms with Gasteiger partial charge in [0.2, 0.25) is 11.8 Å². The number of hydrogen-bond donors (Lipinski definition) is 4. The monoisotopic (exact) mass is 337 g/mol. The van der Waals surface area contributed by atoms with Gasteiger partial charge in [0.05, 0.1) is 19.4 Å². The number of nitrogens with two attached hydrogens (primary N) is 1. The van der Waals surface area contributed by atoms with Gasteiger partial charge < -0.3 is 26.2 Å². The summed E-state index contributed by atoms with van der Waals surface area (Å²) in [5, 5.41) is 14.1. The van der Waals surface area contributed by atoms with Crippen LogP contribution in [0.15, 0.2) is 18.2 Å². The Morgan fingerprint density at radius 2 is 1.92 bits per heavy atom. The van der Waals surface area contributed by atoms with Crippen LogP contribution in [0.3, 0.4) is 0 Å². The fraction of sp³-hybridized carbons (Fsp3) is 0.438. The number of aliphatic hydroxyl groups is 1. The van der Waals surface area contributed by atoms with E-state index < -0.39 is 29.9 Å². The van der Waals surface area contributed by atoms with Crippen LogP contribution in [0, 0.1) is 5.41 Å². The second-order valence-corrected chi connectivity index (χ2v) is 6.20. The summed E-state index contributed by atoms with van der Waals surface area (Å²) in [7, 11) is 1.37. The van der Waals surface area contributed by atoms with Gasteiger partial charge in [-0.15, -0.1) is 0 Å². The molecule has 0 fully saturated rings. The molecule has 0 bridgehead atoms. The average Bonchev–Trinajstić information content (AvgIpc) is 2.50. The SMILES string of the molecule is COc1cccc(NC(=O)C(C)(C)C)c1C(=O)N[C@@H](CO)C(N)=O. The summed E-state index contributed by atoms with van der Waals surface area (Å²) in [6.45, 7) is 4.56. The quantitative estimate of drug-likeness (QED) is 0.591. The molecule has 0 heterocycles. The van der Waals surface area contributed by atoms with Crippen molar-refractivity contribution in [1.29, 1.82) is 0 Å². The number of carbonyl (C=O) groups excluding carboxylic acids is 3. The number of anilines is 1. The third kappa shape index (κ3) is 4.69. The third-order valence-electron chi connectivity index (χ3n) is 3.23. The van der Waals surface area contributed by atoms with E-state index >= 15 is 0 Å². The molecular weight excluding hydrogens is 314 g/mol. The topological polar surface area (TPSA) is 131 Å². The third-order valence-corrected chi connectivity index (χ3v) is 3.23. The standard InChI is InChI=1S/C16H23N3O5/c1-16(2,3)15(23)19-9-6-5-7-11(24-4)12(9)14(22)18-10(8-20)13(17)21/h5-7,10,20H,8H2,1-4H3,(H2,17,21)(H,18,22)(H,19,23)/t10-/m0/s1. The van der Waals surface area contributed by atoms with Crippen LogP contribution in [0.25, 0.3) is 0 Å². The molecule has 132 valence electrons. The Bertz CT molecular complexity index is 637. The van der Waals surface area contributed by atoms with Gasteiger partial charge in [0.25, 0.3) is 5.91 Å². The molecule has 0 aliphatic carbocycles. The molecule has 24 heavy (non-hydrogen) atoms. The Morgan fingerprint density at radius 3 is 2.38 bits per heavy atom. The summed E-state index contributed by atoms with van der Waals surface area (Å²) in [4.78, 5) is 35.9. The summed E-state index contributed by atoms with van der Waals surface area (Å²) < 4.78 is 5.16. The number of ether oxygens (including phenoxy) is 1. The van der Waals surface area contributed by atoms with E-state index in [0.717, 1.165) is 0 Å². The maximum absolute atomic E-state index is 12.5. The van der Waals surface area contributed by atoms with Gasteiger partial charge in [-0.05, 0) is 12.1 Å². The highest BCUT2D eigenvalue weighted by Crippen LogP contribution is 2.28. The predicted molar refractivity (Wildman–Crippen MR) is 88.6 cm³/mol. The predicted octanol–water partition coefficient (Wildman–Crippen LogP) is 0.256. The first kappa shape index (κ1) is 19.4. The molecule has 1 aromatic carbocycles. The summed E-state index contributed by atoms with van der Waals surface area (Å²) in [6.07, 6.45) is 0. The van der Waals surface area contributed by atoms with Gasteiger partial charge in [0.1, 0.15) is 17.4 Å². The first-order valence-corrected chi connectivity index (χ1v) is 7.31. The number of aliphatic hydroxyl groups excluding tert-OH is 1. The smallest absolute Gasteiger partial charge is 0.257 e. The van der Waals surface area contributed by atoms with E-state index in [2.05, 4.69) is 10.6 Å². The van der Waals surface area contributed by atoms with Crippen LogP contribution in [0.5, 0.6) is 5.75 Å². The van der Waals surface area contributed by atoms with Crippen molar-refractivity contribution in [3.8, 4) is 5.75 Å². The number of methoxy groups -OCH3 is 1. The van der Waals surface area contributed by atoms with Crippen molar-refractivity contribution in [2.24, 2.45) is 11.1 Å². The van der Waals surface area contributed by atoms with E-state index in [4.69, 9.17) is 15.6 Å². The van der Waals surface area contributed by atoms with Crippen molar-refractivity contribution in [1.82, 2.24) is 5.32 Å². The highest BCUT2D eigenvalue weighted by atomic mass is 16.5. The summed E-state index contributed by atoms with van der Waals surface area (Å²) in [5.74, 6) is -1.66. The lowest BCUT2D eigenvalue weighted by Gasteiger charge is -2.21. The van der Waals surface area contributed by atoms with Gasteiger partial charge in [-0.3, -0.25) is 14.4 Å². The molecule has 8 nitrogen and oxygen atoms in total. The number of carbonyl (C=O) groups is 3. The van der Waals surface area contributed by atoms with E-state index in [1.807, 2.05) is 0 Å². The van der Waals surface area contributed by atoms with Crippen LogP contribution in [-0.4, -0.2) is 42.6 Å². The molecule has 0 aliphatic rings. The minimum absolute atomic E-state index is 0.0392. The van der Waals surface area contributed by atoms with Crippen molar-refractivity contribution in [3.05, 3.63) is 23.8 Å². The molecule has 0 radical (unpaired) electrons. The summed E-state index contributed by atoms with van der Waals surface area (Å²) in [6, 6.07) is 3.46. The highest BCUT2D eigenvalue weighted by molar-refractivity contribution is 6.07. The van der Waals surface area contributed by atoms with E-state index in [1.54, 1.807) is 39.0 Å². The Kier molecular flexibility index (Phi) is 6.30.